The monoisotopic (exact) mass is 395 g/mol. The first-order valence-electron chi connectivity index (χ1n) is 9.87. The van der Waals surface area contributed by atoms with Crippen molar-refractivity contribution in [1.82, 2.24) is 9.80 Å². The van der Waals surface area contributed by atoms with E-state index in [1.165, 1.54) is 5.69 Å². The summed E-state index contributed by atoms with van der Waals surface area (Å²) in [5.41, 5.74) is 4.38. The number of amides is 1. The lowest BCUT2D eigenvalue weighted by molar-refractivity contribution is -0.125. The first-order valence-corrected chi connectivity index (χ1v) is 10.2. The second-order valence-corrected chi connectivity index (χ2v) is 8.06. The van der Waals surface area contributed by atoms with Gasteiger partial charge in [-0.25, -0.2) is 0 Å². The highest BCUT2D eigenvalue weighted by Gasteiger charge is 2.26. The highest BCUT2D eigenvalue weighted by Crippen LogP contribution is 2.28. The number of rotatable bonds is 4. The standard InChI is InChI=1S/C23H26ClN3O/c1-25-12-14-26(15-13-25)22-5-3-2-4-19(22)16-20-10-11-27(23(20)28)17-18-6-8-21(24)9-7-18/h2-9,16H,10-15,17H2,1H3. The number of carbonyl (C=O) groups excluding carboxylic acids is 1. The van der Waals surface area contributed by atoms with Gasteiger partial charge in [-0.05, 0) is 48.9 Å². The van der Waals surface area contributed by atoms with Crippen LogP contribution in [0.2, 0.25) is 5.02 Å². The molecular weight excluding hydrogens is 370 g/mol. The summed E-state index contributed by atoms with van der Waals surface area (Å²) in [5.74, 6) is 0.142. The molecule has 4 rings (SSSR count). The normalized spacial score (nSPS) is 19.6. The zero-order chi connectivity index (χ0) is 19.5. The lowest BCUT2D eigenvalue weighted by atomic mass is 10.1. The van der Waals surface area contributed by atoms with Gasteiger partial charge in [0.05, 0.1) is 0 Å². The van der Waals surface area contributed by atoms with Crippen LogP contribution in [0.3, 0.4) is 0 Å². The fraction of sp³-hybridized carbons (Fsp3) is 0.348. The molecule has 4 nitrogen and oxygen atoms in total. The Bertz CT molecular complexity index is 870. The molecule has 0 saturated carbocycles. The predicted molar refractivity (Wildman–Crippen MR) is 116 cm³/mol. The minimum atomic E-state index is 0.142. The first kappa shape index (κ1) is 19.0. The van der Waals surface area contributed by atoms with Crippen LogP contribution in [0.15, 0.2) is 54.1 Å². The largest absolute Gasteiger partial charge is 0.368 e. The van der Waals surface area contributed by atoms with Crippen molar-refractivity contribution in [1.29, 1.82) is 0 Å². The van der Waals surface area contributed by atoms with E-state index in [1.54, 1.807) is 0 Å². The van der Waals surface area contributed by atoms with Crippen molar-refractivity contribution >= 4 is 29.3 Å². The number of hydrogen-bond donors (Lipinski definition) is 0. The molecule has 1 amide bonds. The molecule has 0 unspecified atom stereocenters. The SMILES string of the molecule is CN1CCN(c2ccccc2C=C2CCN(Cc3ccc(Cl)cc3)C2=O)CC1. The van der Waals surface area contributed by atoms with Gasteiger partial charge in [0.1, 0.15) is 0 Å². The topological polar surface area (TPSA) is 26.8 Å². The van der Waals surface area contributed by atoms with E-state index in [1.807, 2.05) is 29.2 Å². The third kappa shape index (κ3) is 4.23. The van der Waals surface area contributed by atoms with Gasteiger partial charge in [0.2, 0.25) is 5.91 Å². The molecule has 2 heterocycles. The van der Waals surface area contributed by atoms with Crippen LogP contribution in [-0.2, 0) is 11.3 Å². The van der Waals surface area contributed by atoms with Crippen molar-refractivity contribution in [3.8, 4) is 0 Å². The minimum absolute atomic E-state index is 0.142. The molecule has 2 aromatic rings. The average Bonchev–Trinajstić information content (AvgIpc) is 3.04. The summed E-state index contributed by atoms with van der Waals surface area (Å²) in [6.07, 6.45) is 2.89. The van der Waals surface area contributed by atoms with E-state index in [2.05, 4.69) is 47.2 Å². The maximum absolute atomic E-state index is 12.9. The molecule has 0 bridgehead atoms. The Morgan fingerprint density at radius 2 is 1.68 bits per heavy atom. The summed E-state index contributed by atoms with van der Waals surface area (Å²) in [5, 5.41) is 0.720. The van der Waals surface area contributed by atoms with Crippen molar-refractivity contribution in [2.75, 3.05) is 44.7 Å². The molecule has 2 aliphatic rings. The number of likely N-dealkylation sites (tertiary alicyclic amines) is 1. The van der Waals surface area contributed by atoms with Gasteiger partial charge in [0, 0.05) is 55.6 Å². The lowest BCUT2D eigenvalue weighted by Gasteiger charge is -2.35. The van der Waals surface area contributed by atoms with Gasteiger partial charge >= 0.3 is 0 Å². The van der Waals surface area contributed by atoms with Crippen molar-refractivity contribution in [3.05, 3.63) is 70.3 Å². The van der Waals surface area contributed by atoms with E-state index < -0.39 is 0 Å². The fourth-order valence-electron chi connectivity index (χ4n) is 3.89. The van der Waals surface area contributed by atoms with Crippen LogP contribution in [0, 0.1) is 0 Å². The maximum Gasteiger partial charge on any atom is 0.250 e. The number of carbonyl (C=O) groups is 1. The summed E-state index contributed by atoms with van der Waals surface area (Å²) < 4.78 is 0. The maximum atomic E-state index is 12.9. The number of benzene rings is 2. The van der Waals surface area contributed by atoms with Gasteiger partial charge < -0.3 is 14.7 Å². The smallest absolute Gasteiger partial charge is 0.250 e. The molecule has 0 N–H and O–H groups in total. The van der Waals surface area contributed by atoms with Crippen molar-refractivity contribution in [2.45, 2.75) is 13.0 Å². The van der Waals surface area contributed by atoms with E-state index >= 15 is 0 Å². The predicted octanol–water partition coefficient (Wildman–Crippen LogP) is 3.91. The average molecular weight is 396 g/mol. The van der Waals surface area contributed by atoms with Gasteiger partial charge in [0.25, 0.3) is 0 Å². The first-order chi connectivity index (χ1) is 13.6. The number of anilines is 1. The summed E-state index contributed by atoms with van der Waals surface area (Å²) >= 11 is 5.96. The third-order valence-corrected chi connectivity index (χ3v) is 5.86. The van der Waals surface area contributed by atoms with Crippen molar-refractivity contribution < 1.29 is 4.79 Å². The number of para-hydroxylation sites is 1. The van der Waals surface area contributed by atoms with Crippen LogP contribution >= 0.6 is 11.6 Å². The van der Waals surface area contributed by atoms with E-state index in [-0.39, 0.29) is 5.91 Å². The zero-order valence-corrected chi connectivity index (χ0v) is 17.0. The molecule has 146 valence electrons. The third-order valence-electron chi connectivity index (χ3n) is 5.61. The van der Waals surface area contributed by atoms with Crippen LogP contribution in [0.5, 0.6) is 0 Å². The van der Waals surface area contributed by atoms with Gasteiger partial charge in [-0.15, -0.1) is 0 Å². The second kappa shape index (κ2) is 8.38. The van der Waals surface area contributed by atoms with Crippen molar-refractivity contribution in [3.63, 3.8) is 0 Å². The molecule has 0 radical (unpaired) electrons. The Labute approximate surface area is 172 Å². The number of nitrogens with zero attached hydrogens (tertiary/aromatic N) is 3. The van der Waals surface area contributed by atoms with Gasteiger partial charge in [0.15, 0.2) is 0 Å². The zero-order valence-electron chi connectivity index (χ0n) is 16.3. The molecule has 0 aromatic heterocycles. The molecule has 0 atom stereocenters. The van der Waals surface area contributed by atoms with Crippen LogP contribution in [0.1, 0.15) is 17.5 Å². The Morgan fingerprint density at radius 1 is 0.964 bits per heavy atom. The molecular formula is C23H26ClN3O. The highest BCUT2D eigenvalue weighted by atomic mass is 35.5. The fourth-order valence-corrected chi connectivity index (χ4v) is 4.02. The number of piperazine rings is 1. The highest BCUT2D eigenvalue weighted by molar-refractivity contribution is 6.30. The molecule has 28 heavy (non-hydrogen) atoms. The van der Waals surface area contributed by atoms with Crippen LogP contribution in [0.25, 0.3) is 6.08 Å². The summed E-state index contributed by atoms with van der Waals surface area (Å²) in [6, 6.07) is 16.1. The minimum Gasteiger partial charge on any atom is -0.368 e. The quantitative estimate of drug-likeness (QED) is 0.734. The molecule has 2 fully saturated rings. The molecule has 2 aromatic carbocycles. The Hall–Kier alpha value is -2.30. The Kier molecular flexibility index (Phi) is 5.69. The van der Waals surface area contributed by atoms with Gasteiger partial charge in [-0.1, -0.05) is 41.9 Å². The summed E-state index contributed by atoms with van der Waals surface area (Å²) in [7, 11) is 2.16. The molecule has 2 aliphatic heterocycles. The number of likely N-dealkylation sites (N-methyl/N-ethyl adjacent to an activating group) is 1. The number of halogens is 1. The van der Waals surface area contributed by atoms with E-state index in [0.29, 0.717) is 6.54 Å². The van der Waals surface area contributed by atoms with Crippen molar-refractivity contribution in [2.24, 2.45) is 0 Å². The van der Waals surface area contributed by atoms with E-state index in [9.17, 15) is 4.79 Å². The van der Waals surface area contributed by atoms with Gasteiger partial charge in [-0.2, -0.15) is 0 Å². The second-order valence-electron chi connectivity index (χ2n) is 7.62. The van der Waals surface area contributed by atoms with Crippen LogP contribution in [0.4, 0.5) is 5.69 Å². The molecule has 0 aliphatic carbocycles. The van der Waals surface area contributed by atoms with Crippen LogP contribution in [-0.4, -0.2) is 55.5 Å². The molecule has 2 saturated heterocycles. The molecule has 5 heteroatoms. The van der Waals surface area contributed by atoms with E-state index in [4.69, 9.17) is 11.6 Å². The lowest BCUT2D eigenvalue weighted by Crippen LogP contribution is -2.44. The Balaban J connectivity index is 1.50. The summed E-state index contributed by atoms with van der Waals surface area (Å²) in [6.45, 7) is 5.58. The van der Waals surface area contributed by atoms with Crippen LogP contribution < -0.4 is 4.90 Å². The van der Waals surface area contributed by atoms with Gasteiger partial charge in [-0.3, -0.25) is 4.79 Å². The number of hydrogen-bond acceptors (Lipinski definition) is 3. The Morgan fingerprint density at radius 3 is 2.43 bits per heavy atom. The summed E-state index contributed by atoms with van der Waals surface area (Å²) in [4.78, 5) is 19.6. The van der Waals surface area contributed by atoms with E-state index in [0.717, 1.165) is 60.9 Å². The molecule has 0 spiro atoms.